The Morgan fingerprint density at radius 2 is 1.73 bits per heavy atom. The average Bonchev–Trinajstić information content (AvgIpc) is 2.49. The smallest absolute Gasteiger partial charge is 0.333 e. The maximum Gasteiger partial charge on any atom is 0.333 e. The van der Waals surface area contributed by atoms with Gasteiger partial charge in [-0.05, 0) is 24.6 Å². The molecular weight excluding hydrogens is 309 g/mol. The van der Waals surface area contributed by atoms with E-state index in [4.69, 9.17) is 5.11 Å². The summed E-state index contributed by atoms with van der Waals surface area (Å²) in [5.41, 5.74) is 1.18. The molecule has 0 bridgehead atoms. The maximum atomic E-state index is 11.8. The third-order valence-corrected chi connectivity index (χ3v) is 4.12. The zero-order valence-corrected chi connectivity index (χ0v) is 14.2. The largest absolute Gasteiger partial charge is 0.478 e. The molecule has 1 aromatic carbocycles. The van der Waals surface area contributed by atoms with Gasteiger partial charge in [-0.15, -0.1) is 0 Å². The number of para-hydroxylation sites is 1. The Morgan fingerprint density at radius 1 is 1.23 bits per heavy atom. The molecule has 1 aliphatic rings. The molecule has 0 spiro atoms. The molecule has 0 aromatic heterocycles. The van der Waals surface area contributed by atoms with Gasteiger partial charge in [-0.2, -0.15) is 0 Å². The molecule has 2 rings (SSSR count). The first-order chi connectivity index (χ1) is 10.3. The highest BCUT2D eigenvalue weighted by molar-refractivity contribution is 7.92. The van der Waals surface area contributed by atoms with Crippen LogP contribution in [0.25, 0.3) is 6.08 Å². The minimum Gasteiger partial charge on any atom is -0.478 e. The third kappa shape index (κ3) is 4.30. The zero-order chi connectivity index (χ0) is 17.5. The molecule has 1 heterocycles. The third-order valence-electron chi connectivity index (χ3n) is 2.89. The Morgan fingerprint density at radius 3 is 2.18 bits per heavy atom. The van der Waals surface area contributed by atoms with Gasteiger partial charge in [0.15, 0.2) is 0 Å². The fraction of sp³-hybridized carbons (Fsp3) is 0.400. The summed E-state index contributed by atoms with van der Waals surface area (Å²) >= 11 is 0. The SMILES string of the molecule is CC.CF.C[C@@H]1C(C(=O)O)=Cc2ccccc2N1S(C)(=O)=O. The van der Waals surface area contributed by atoms with Crippen molar-refractivity contribution in [2.45, 2.75) is 26.8 Å². The van der Waals surface area contributed by atoms with Crippen molar-refractivity contribution < 1.29 is 22.7 Å². The molecule has 0 radical (unpaired) electrons. The molecule has 0 unspecified atom stereocenters. The van der Waals surface area contributed by atoms with Crippen LogP contribution in [0.4, 0.5) is 10.1 Å². The molecule has 0 aliphatic carbocycles. The Balaban J connectivity index is 0.00000102. The van der Waals surface area contributed by atoms with E-state index in [1.807, 2.05) is 13.8 Å². The number of alkyl halides is 1. The Bertz CT molecular complexity index is 641. The second kappa shape index (κ2) is 8.53. The highest BCUT2D eigenvalue weighted by Gasteiger charge is 2.33. The first kappa shape index (κ1) is 20.1. The average molecular weight is 331 g/mol. The first-order valence-electron chi connectivity index (χ1n) is 6.73. The summed E-state index contributed by atoms with van der Waals surface area (Å²) in [5, 5.41) is 9.13. The lowest BCUT2D eigenvalue weighted by molar-refractivity contribution is -0.132. The van der Waals surface area contributed by atoms with Gasteiger partial charge in [0, 0.05) is 0 Å². The number of halogens is 1. The molecule has 7 heteroatoms. The normalized spacial score (nSPS) is 16.2. The number of carbonyl (C=O) groups is 1. The van der Waals surface area contributed by atoms with Crippen LogP contribution >= 0.6 is 0 Å². The van der Waals surface area contributed by atoms with Crippen LogP contribution in [-0.2, 0) is 14.8 Å². The van der Waals surface area contributed by atoms with Crippen LogP contribution in [0.15, 0.2) is 29.8 Å². The van der Waals surface area contributed by atoms with Gasteiger partial charge >= 0.3 is 5.97 Å². The minimum absolute atomic E-state index is 0.0686. The van der Waals surface area contributed by atoms with E-state index < -0.39 is 22.0 Å². The topological polar surface area (TPSA) is 74.7 Å². The van der Waals surface area contributed by atoms with E-state index >= 15 is 0 Å². The van der Waals surface area contributed by atoms with E-state index in [0.29, 0.717) is 18.4 Å². The van der Waals surface area contributed by atoms with E-state index in [2.05, 4.69) is 0 Å². The van der Waals surface area contributed by atoms with Crippen LogP contribution in [0.5, 0.6) is 0 Å². The molecule has 1 N–H and O–H groups in total. The standard InChI is InChI=1S/C12H13NO4S.C2H6.CH3F/c1-8-10(12(14)15)7-9-5-3-4-6-11(9)13(8)18(2,16)17;2*1-2/h3-8H,1-2H3,(H,14,15);1-2H3;1H3/t8-;;/m1../s1. The Hall–Kier alpha value is -1.89. The van der Waals surface area contributed by atoms with Crippen molar-refractivity contribution in [3.05, 3.63) is 35.4 Å². The molecule has 1 aromatic rings. The zero-order valence-electron chi connectivity index (χ0n) is 13.4. The van der Waals surface area contributed by atoms with Gasteiger partial charge in [0.05, 0.1) is 30.7 Å². The molecule has 5 nitrogen and oxygen atoms in total. The van der Waals surface area contributed by atoms with E-state index in [1.54, 1.807) is 31.2 Å². The second-order valence-corrected chi connectivity index (χ2v) is 6.06. The molecule has 22 heavy (non-hydrogen) atoms. The van der Waals surface area contributed by atoms with Crippen LogP contribution in [-0.4, -0.2) is 39.0 Å². The van der Waals surface area contributed by atoms with Crippen LogP contribution < -0.4 is 4.31 Å². The van der Waals surface area contributed by atoms with Crippen LogP contribution in [0.3, 0.4) is 0 Å². The molecule has 1 atom stereocenters. The van der Waals surface area contributed by atoms with Crippen molar-refractivity contribution in [2.24, 2.45) is 0 Å². The van der Waals surface area contributed by atoms with Gasteiger partial charge in [-0.3, -0.25) is 8.70 Å². The minimum atomic E-state index is -3.53. The first-order valence-corrected chi connectivity index (χ1v) is 8.58. The number of fused-ring (bicyclic) bond motifs is 1. The number of nitrogens with zero attached hydrogens (tertiary/aromatic N) is 1. The second-order valence-electron chi connectivity index (χ2n) is 4.20. The molecule has 0 saturated carbocycles. The number of anilines is 1. The fourth-order valence-electron chi connectivity index (χ4n) is 2.14. The Labute approximate surface area is 131 Å². The summed E-state index contributed by atoms with van der Waals surface area (Å²) in [4.78, 5) is 11.2. The lowest BCUT2D eigenvalue weighted by atomic mass is 9.99. The van der Waals surface area contributed by atoms with Crippen molar-refractivity contribution in [1.82, 2.24) is 0 Å². The van der Waals surface area contributed by atoms with E-state index in [-0.39, 0.29) is 5.57 Å². The lowest BCUT2D eigenvalue weighted by Crippen LogP contribution is -2.42. The van der Waals surface area contributed by atoms with Crippen LogP contribution in [0.2, 0.25) is 0 Å². The van der Waals surface area contributed by atoms with Crippen LogP contribution in [0.1, 0.15) is 26.3 Å². The summed E-state index contributed by atoms with van der Waals surface area (Å²) < 4.78 is 34.3. The number of benzene rings is 1. The van der Waals surface area contributed by atoms with Gasteiger partial charge in [-0.1, -0.05) is 32.0 Å². The molecule has 0 fully saturated rings. The fourth-order valence-corrected chi connectivity index (χ4v) is 3.35. The molecule has 0 saturated heterocycles. The summed E-state index contributed by atoms with van der Waals surface area (Å²) in [6.45, 7) is 5.57. The van der Waals surface area contributed by atoms with Gasteiger partial charge in [0.2, 0.25) is 10.0 Å². The van der Waals surface area contributed by atoms with Crippen molar-refractivity contribution in [3.63, 3.8) is 0 Å². The summed E-state index contributed by atoms with van der Waals surface area (Å²) in [7, 11) is -3.03. The predicted molar refractivity (Wildman–Crippen MR) is 87.2 cm³/mol. The van der Waals surface area contributed by atoms with Crippen molar-refractivity contribution in [2.75, 3.05) is 17.7 Å². The van der Waals surface area contributed by atoms with Crippen molar-refractivity contribution in [3.8, 4) is 0 Å². The van der Waals surface area contributed by atoms with Gasteiger partial charge in [0.25, 0.3) is 0 Å². The molecule has 124 valence electrons. The summed E-state index contributed by atoms with van der Waals surface area (Å²) in [6.07, 6.45) is 2.59. The number of aliphatic carboxylic acids is 1. The highest BCUT2D eigenvalue weighted by atomic mass is 32.2. The number of sulfonamides is 1. The molecule has 0 amide bonds. The van der Waals surface area contributed by atoms with E-state index in [9.17, 15) is 17.6 Å². The highest BCUT2D eigenvalue weighted by Crippen LogP contribution is 2.34. The Kier molecular flexibility index (Phi) is 7.80. The van der Waals surface area contributed by atoms with Gasteiger partial charge in [-0.25, -0.2) is 13.2 Å². The quantitative estimate of drug-likeness (QED) is 0.904. The van der Waals surface area contributed by atoms with Crippen molar-refractivity contribution in [1.29, 1.82) is 0 Å². The predicted octanol–water partition coefficient (Wildman–Crippen LogP) is 2.93. The van der Waals surface area contributed by atoms with Crippen molar-refractivity contribution >= 4 is 27.8 Å². The lowest BCUT2D eigenvalue weighted by Gasteiger charge is -2.33. The number of hydrogen-bond donors (Lipinski definition) is 1. The number of carboxylic acid groups (broad SMARTS) is 1. The van der Waals surface area contributed by atoms with E-state index in [1.165, 1.54) is 6.08 Å². The van der Waals surface area contributed by atoms with Crippen LogP contribution in [0, 0.1) is 0 Å². The monoisotopic (exact) mass is 331 g/mol. The number of carboxylic acids is 1. The van der Waals surface area contributed by atoms with E-state index in [0.717, 1.165) is 10.6 Å². The maximum absolute atomic E-state index is 11.8. The van der Waals surface area contributed by atoms with Gasteiger partial charge < -0.3 is 5.11 Å². The summed E-state index contributed by atoms with van der Waals surface area (Å²) in [6, 6.07) is 6.12. The summed E-state index contributed by atoms with van der Waals surface area (Å²) in [5.74, 6) is -1.11. The molecular formula is C15H22FNO4S. The number of hydrogen-bond acceptors (Lipinski definition) is 3. The molecule has 1 aliphatic heterocycles. The number of rotatable bonds is 2. The van der Waals surface area contributed by atoms with Gasteiger partial charge in [0.1, 0.15) is 0 Å².